The molecule has 7 heteroatoms. The van der Waals surface area contributed by atoms with E-state index < -0.39 is 11.9 Å². The molecule has 1 unspecified atom stereocenters. The maximum atomic E-state index is 12.4. The van der Waals surface area contributed by atoms with Crippen LogP contribution in [0.15, 0.2) is 51.6 Å². The van der Waals surface area contributed by atoms with Crippen LogP contribution in [0.5, 0.6) is 0 Å². The largest absolute Gasteiger partial charge is 0.469 e. The van der Waals surface area contributed by atoms with Crippen molar-refractivity contribution in [3.05, 3.63) is 52.9 Å². The molecule has 5 nitrogen and oxygen atoms in total. The van der Waals surface area contributed by atoms with Gasteiger partial charge in [-0.1, -0.05) is 15.9 Å². The molecule has 2 rings (SSSR count). The zero-order valence-electron chi connectivity index (χ0n) is 11.5. The number of amides is 2. The van der Waals surface area contributed by atoms with Crippen molar-refractivity contribution in [1.29, 1.82) is 0 Å². The highest BCUT2D eigenvalue weighted by molar-refractivity contribution is 9.10. The second-order valence-electron chi connectivity index (χ2n) is 4.53. The van der Waals surface area contributed by atoms with Gasteiger partial charge in [-0.3, -0.25) is 9.59 Å². The summed E-state index contributed by atoms with van der Waals surface area (Å²) in [6.45, 7) is 0. The Morgan fingerprint density at radius 1 is 1.23 bits per heavy atom. The highest BCUT2D eigenvalue weighted by Crippen LogP contribution is 2.15. The standard InChI is InChI=1S/C15H14BrClN2O3/c16-10-3-5-11(6-4-10)18-15(21)13(19-14(20)9-17)8-12-2-1-7-22-12/h1-7,13H,8-9H2,(H,18,21)(H,19,20). The summed E-state index contributed by atoms with van der Waals surface area (Å²) in [6.07, 6.45) is 1.76. The lowest BCUT2D eigenvalue weighted by atomic mass is 10.1. The minimum absolute atomic E-state index is 0.208. The van der Waals surface area contributed by atoms with E-state index in [0.717, 1.165) is 4.47 Å². The van der Waals surface area contributed by atoms with Crippen LogP contribution < -0.4 is 10.6 Å². The van der Waals surface area contributed by atoms with Gasteiger partial charge in [0.2, 0.25) is 11.8 Å². The first-order valence-corrected chi connectivity index (χ1v) is 7.85. The topological polar surface area (TPSA) is 71.3 Å². The van der Waals surface area contributed by atoms with Gasteiger partial charge in [0, 0.05) is 16.6 Å². The highest BCUT2D eigenvalue weighted by atomic mass is 79.9. The Bertz CT molecular complexity index is 629. The average Bonchev–Trinajstić information content (AvgIpc) is 3.01. The van der Waals surface area contributed by atoms with E-state index in [1.807, 2.05) is 12.1 Å². The van der Waals surface area contributed by atoms with Gasteiger partial charge >= 0.3 is 0 Å². The predicted molar refractivity (Wildman–Crippen MR) is 87.8 cm³/mol. The summed E-state index contributed by atoms with van der Waals surface area (Å²) in [5, 5.41) is 5.34. The molecule has 0 spiro atoms. The number of anilines is 1. The fourth-order valence-corrected chi connectivity index (χ4v) is 2.18. The molecule has 2 amide bonds. The molecule has 1 aromatic heterocycles. The normalized spacial score (nSPS) is 11.7. The monoisotopic (exact) mass is 384 g/mol. The summed E-state index contributed by atoms with van der Waals surface area (Å²) in [5.74, 6) is -0.354. The Kier molecular flexibility index (Phi) is 6.03. The van der Waals surface area contributed by atoms with Gasteiger partial charge in [-0.25, -0.2) is 0 Å². The van der Waals surface area contributed by atoms with E-state index in [-0.39, 0.29) is 18.2 Å². The zero-order chi connectivity index (χ0) is 15.9. The van der Waals surface area contributed by atoms with Gasteiger partial charge in [0.1, 0.15) is 17.7 Å². The summed E-state index contributed by atoms with van der Waals surface area (Å²) < 4.78 is 6.14. The average molecular weight is 386 g/mol. The van der Waals surface area contributed by atoms with E-state index in [2.05, 4.69) is 26.6 Å². The molecule has 0 saturated carbocycles. The summed E-state index contributed by atoms with van der Waals surface area (Å²) in [6, 6.07) is 9.85. The molecular formula is C15H14BrClN2O3. The third-order valence-electron chi connectivity index (χ3n) is 2.87. The number of hydrogen-bond acceptors (Lipinski definition) is 3. The van der Waals surface area contributed by atoms with E-state index in [1.54, 1.807) is 24.3 Å². The van der Waals surface area contributed by atoms with Crippen molar-refractivity contribution in [3.8, 4) is 0 Å². The third kappa shape index (κ3) is 4.89. The number of halogens is 2. The molecule has 2 aromatic rings. The van der Waals surface area contributed by atoms with E-state index in [9.17, 15) is 9.59 Å². The second-order valence-corrected chi connectivity index (χ2v) is 5.72. The molecule has 116 valence electrons. The Morgan fingerprint density at radius 3 is 2.55 bits per heavy atom. The number of nitrogens with one attached hydrogen (secondary N) is 2. The lowest BCUT2D eigenvalue weighted by molar-refractivity contribution is -0.125. The number of carbonyl (C=O) groups is 2. The smallest absolute Gasteiger partial charge is 0.247 e. The Hall–Kier alpha value is -1.79. The van der Waals surface area contributed by atoms with Crippen molar-refractivity contribution >= 4 is 45.0 Å². The van der Waals surface area contributed by atoms with E-state index in [4.69, 9.17) is 16.0 Å². The Morgan fingerprint density at radius 2 is 1.95 bits per heavy atom. The highest BCUT2D eigenvalue weighted by Gasteiger charge is 2.22. The molecule has 0 aliphatic heterocycles. The molecule has 0 bridgehead atoms. The van der Waals surface area contributed by atoms with Crippen LogP contribution in [-0.2, 0) is 16.0 Å². The van der Waals surface area contributed by atoms with Crippen LogP contribution in [0.2, 0.25) is 0 Å². The lowest BCUT2D eigenvalue weighted by Gasteiger charge is -2.17. The second kappa shape index (κ2) is 8.00. The van der Waals surface area contributed by atoms with Gasteiger partial charge in [0.05, 0.1) is 6.26 Å². The van der Waals surface area contributed by atoms with Crippen molar-refractivity contribution < 1.29 is 14.0 Å². The molecule has 2 N–H and O–H groups in total. The van der Waals surface area contributed by atoms with Gasteiger partial charge < -0.3 is 15.1 Å². The maximum Gasteiger partial charge on any atom is 0.247 e. The maximum absolute atomic E-state index is 12.4. The first-order valence-electron chi connectivity index (χ1n) is 6.52. The van der Waals surface area contributed by atoms with Gasteiger partial charge in [0.15, 0.2) is 0 Å². The first kappa shape index (κ1) is 16.6. The molecule has 0 aliphatic rings. The Balaban J connectivity index is 2.07. The lowest BCUT2D eigenvalue weighted by Crippen LogP contribution is -2.45. The van der Waals surface area contributed by atoms with Crippen LogP contribution in [0.3, 0.4) is 0 Å². The van der Waals surface area contributed by atoms with Crippen molar-refractivity contribution in [3.63, 3.8) is 0 Å². The van der Waals surface area contributed by atoms with Gasteiger partial charge in [-0.2, -0.15) is 0 Å². The summed E-state index contributed by atoms with van der Waals surface area (Å²) in [4.78, 5) is 23.8. The minimum Gasteiger partial charge on any atom is -0.469 e. The number of furan rings is 1. The molecule has 0 fully saturated rings. The first-order chi connectivity index (χ1) is 10.6. The van der Waals surface area contributed by atoms with Crippen molar-refractivity contribution in [2.45, 2.75) is 12.5 Å². The number of carbonyl (C=O) groups excluding carboxylic acids is 2. The SMILES string of the molecule is O=C(CCl)NC(Cc1ccco1)C(=O)Nc1ccc(Br)cc1. The number of alkyl halides is 1. The third-order valence-corrected chi connectivity index (χ3v) is 3.64. The van der Waals surface area contributed by atoms with Gasteiger partial charge in [-0.15, -0.1) is 11.6 Å². The predicted octanol–water partition coefficient (Wildman–Crippen LogP) is 2.95. The minimum atomic E-state index is -0.763. The van der Waals surface area contributed by atoms with Crippen LogP contribution in [0.1, 0.15) is 5.76 Å². The van der Waals surface area contributed by atoms with Crippen molar-refractivity contribution in [2.24, 2.45) is 0 Å². The summed E-state index contributed by atoms with van der Waals surface area (Å²) >= 11 is 8.81. The van der Waals surface area contributed by atoms with Crippen LogP contribution >= 0.6 is 27.5 Å². The van der Waals surface area contributed by atoms with Crippen LogP contribution in [0.4, 0.5) is 5.69 Å². The number of rotatable bonds is 6. The summed E-state index contributed by atoms with van der Waals surface area (Å²) in [7, 11) is 0. The van der Waals surface area contributed by atoms with E-state index >= 15 is 0 Å². The van der Waals surface area contributed by atoms with E-state index in [0.29, 0.717) is 11.4 Å². The van der Waals surface area contributed by atoms with Gasteiger partial charge in [0.25, 0.3) is 0 Å². The van der Waals surface area contributed by atoms with Crippen molar-refractivity contribution in [1.82, 2.24) is 5.32 Å². The molecule has 0 saturated heterocycles. The quantitative estimate of drug-likeness (QED) is 0.751. The van der Waals surface area contributed by atoms with Gasteiger partial charge in [-0.05, 0) is 36.4 Å². The molecule has 0 aliphatic carbocycles. The van der Waals surface area contributed by atoms with E-state index in [1.165, 1.54) is 6.26 Å². The molecule has 1 heterocycles. The molecular weight excluding hydrogens is 372 g/mol. The Labute approximate surface area is 141 Å². The van der Waals surface area contributed by atoms with Crippen molar-refractivity contribution in [2.75, 3.05) is 11.2 Å². The molecule has 1 atom stereocenters. The number of hydrogen-bond donors (Lipinski definition) is 2. The molecule has 22 heavy (non-hydrogen) atoms. The summed E-state index contributed by atoms with van der Waals surface area (Å²) in [5.41, 5.74) is 0.637. The molecule has 0 radical (unpaired) electrons. The van der Waals surface area contributed by atoms with Crippen LogP contribution in [0, 0.1) is 0 Å². The van der Waals surface area contributed by atoms with Crippen LogP contribution in [-0.4, -0.2) is 23.7 Å². The number of benzene rings is 1. The fourth-order valence-electron chi connectivity index (χ4n) is 1.83. The molecule has 1 aromatic carbocycles. The zero-order valence-corrected chi connectivity index (χ0v) is 13.9. The van der Waals surface area contributed by atoms with Crippen LogP contribution in [0.25, 0.3) is 0 Å². The fraction of sp³-hybridized carbons (Fsp3) is 0.200.